The van der Waals surface area contributed by atoms with Gasteiger partial charge >= 0.3 is 0 Å². The first-order valence-electron chi connectivity index (χ1n) is 9.44. The highest BCUT2D eigenvalue weighted by Crippen LogP contribution is 2.32. The number of fused-ring (bicyclic) bond motifs is 1. The molecule has 4 rings (SSSR count). The summed E-state index contributed by atoms with van der Waals surface area (Å²) in [6, 6.07) is 5.15. The Morgan fingerprint density at radius 2 is 2.00 bits per heavy atom. The first-order valence-corrected chi connectivity index (χ1v) is 9.44. The molecule has 2 saturated heterocycles. The predicted molar refractivity (Wildman–Crippen MR) is 104 cm³/mol. The van der Waals surface area contributed by atoms with Crippen LogP contribution in [0.25, 0.3) is 11.0 Å². The Bertz CT molecular complexity index is 909. The second-order valence-corrected chi connectivity index (χ2v) is 7.34. The summed E-state index contributed by atoms with van der Waals surface area (Å²) >= 11 is 0. The molecule has 1 N–H and O–H groups in total. The number of hydrogen-bond acceptors (Lipinski definition) is 6. The summed E-state index contributed by atoms with van der Waals surface area (Å²) in [6.07, 6.45) is 2.02. The molecule has 0 aliphatic carbocycles. The molecule has 144 valence electrons. The van der Waals surface area contributed by atoms with Crippen molar-refractivity contribution in [2.45, 2.75) is 18.9 Å². The number of nitrogens with one attached hydrogen (secondary N) is 1. The normalized spacial score (nSPS) is 20.2. The second kappa shape index (κ2) is 7.32. The highest BCUT2D eigenvalue weighted by Gasteiger charge is 2.25. The SMILES string of the molecule is CN(C)C(=O)c1cc(C2CCCN2)c2oc(N3CCOCC3)cc(=O)c2c1. The number of morpholine rings is 1. The first kappa shape index (κ1) is 18.0. The van der Waals surface area contributed by atoms with Crippen molar-refractivity contribution in [3.63, 3.8) is 0 Å². The zero-order valence-corrected chi connectivity index (χ0v) is 15.8. The van der Waals surface area contributed by atoms with Crippen LogP contribution in [0.3, 0.4) is 0 Å². The Labute approximate surface area is 157 Å². The topological polar surface area (TPSA) is 75.0 Å². The molecule has 0 spiro atoms. The molecule has 1 unspecified atom stereocenters. The molecule has 27 heavy (non-hydrogen) atoms. The van der Waals surface area contributed by atoms with Crippen LogP contribution in [0.4, 0.5) is 5.88 Å². The van der Waals surface area contributed by atoms with Gasteiger partial charge in [0.1, 0.15) is 5.58 Å². The third kappa shape index (κ3) is 3.44. The van der Waals surface area contributed by atoms with E-state index in [4.69, 9.17) is 9.15 Å². The number of anilines is 1. The van der Waals surface area contributed by atoms with E-state index in [1.165, 1.54) is 11.0 Å². The lowest BCUT2D eigenvalue weighted by molar-refractivity contribution is 0.0827. The molecule has 7 heteroatoms. The summed E-state index contributed by atoms with van der Waals surface area (Å²) in [6.45, 7) is 3.56. The number of ether oxygens (including phenoxy) is 1. The zero-order valence-electron chi connectivity index (χ0n) is 15.8. The fourth-order valence-corrected chi connectivity index (χ4v) is 3.80. The lowest BCUT2D eigenvalue weighted by Gasteiger charge is -2.27. The number of rotatable bonds is 3. The van der Waals surface area contributed by atoms with Gasteiger partial charge in [0.25, 0.3) is 5.91 Å². The summed E-state index contributed by atoms with van der Waals surface area (Å²) in [5.41, 5.74) is 1.87. The van der Waals surface area contributed by atoms with E-state index in [1.807, 2.05) is 11.0 Å². The minimum Gasteiger partial charge on any atom is -0.440 e. The molecule has 0 radical (unpaired) electrons. The molecule has 2 aliphatic rings. The molecule has 3 heterocycles. The van der Waals surface area contributed by atoms with Crippen LogP contribution >= 0.6 is 0 Å². The van der Waals surface area contributed by atoms with Crippen LogP contribution in [-0.4, -0.2) is 57.8 Å². The Kier molecular flexibility index (Phi) is 4.88. The average molecular weight is 371 g/mol. The predicted octanol–water partition coefficient (Wildman–Crippen LogP) is 1.76. The lowest BCUT2D eigenvalue weighted by atomic mass is 9.98. The van der Waals surface area contributed by atoms with Crippen LogP contribution in [-0.2, 0) is 4.74 Å². The van der Waals surface area contributed by atoms with Gasteiger partial charge < -0.3 is 24.3 Å². The average Bonchev–Trinajstić information content (AvgIpc) is 3.22. The van der Waals surface area contributed by atoms with Crippen molar-refractivity contribution in [1.29, 1.82) is 0 Å². The lowest BCUT2D eigenvalue weighted by Crippen LogP contribution is -2.36. The van der Waals surface area contributed by atoms with E-state index in [-0.39, 0.29) is 17.4 Å². The van der Waals surface area contributed by atoms with Gasteiger partial charge in [-0.1, -0.05) is 0 Å². The van der Waals surface area contributed by atoms with Crippen molar-refractivity contribution >= 4 is 22.8 Å². The molecule has 1 aromatic carbocycles. The summed E-state index contributed by atoms with van der Waals surface area (Å²) < 4.78 is 11.6. The van der Waals surface area contributed by atoms with Crippen molar-refractivity contribution in [3.8, 4) is 0 Å². The summed E-state index contributed by atoms with van der Waals surface area (Å²) in [7, 11) is 3.42. The number of benzene rings is 1. The van der Waals surface area contributed by atoms with Crippen molar-refractivity contribution in [1.82, 2.24) is 10.2 Å². The van der Waals surface area contributed by atoms with Gasteiger partial charge in [0.15, 0.2) is 11.3 Å². The number of nitrogens with zero attached hydrogens (tertiary/aromatic N) is 2. The molecule has 0 bridgehead atoms. The standard InChI is InChI=1S/C20H25N3O4/c1-22(2)20(25)13-10-14(16-4-3-5-21-16)19-15(11-13)17(24)12-18(27-19)23-6-8-26-9-7-23/h10-12,16,21H,3-9H2,1-2H3. The highest BCUT2D eigenvalue weighted by atomic mass is 16.5. The van der Waals surface area contributed by atoms with Crippen LogP contribution in [0.15, 0.2) is 27.4 Å². The van der Waals surface area contributed by atoms with Crippen molar-refractivity contribution in [2.75, 3.05) is 51.8 Å². The van der Waals surface area contributed by atoms with E-state index < -0.39 is 0 Å². The summed E-state index contributed by atoms with van der Waals surface area (Å²) in [5, 5.41) is 3.92. The molecule has 1 aromatic heterocycles. The van der Waals surface area contributed by atoms with Crippen LogP contribution in [0.5, 0.6) is 0 Å². The second-order valence-electron chi connectivity index (χ2n) is 7.34. The summed E-state index contributed by atoms with van der Waals surface area (Å²) in [5.74, 6) is 0.453. The molecular formula is C20H25N3O4. The summed E-state index contributed by atoms with van der Waals surface area (Å²) in [4.78, 5) is 29.0. The van der Waals surface area contributed by atoms with E-state index in [1.54, 1.807) is 20.2 Å². The van der Waals surface area contributed by atoms with E-state index in [0.29, 0.717) is 48.7 Å². The van der Waals surface area contributed by atoms with Crippen LogP contribution < -0.4 is 15.6 Å². The van der Waals surface area contributed by atoms with Gasteiger partial charge in [-0.2, -0.15) is 0 Å². The minimum absolute atomic E-state index is 0.0884. The molecular weight excluding hydrogens is 346 g/mol. The van der Waals surface area contributed by atoms with Gasteiger partial charge in [0.2, 0.25) is 0 Å². The van der Waals surface area contributed by atoms with Gasteiger partial charge in [-0.3, -0.25) is 9.59 Å². The van der Waals surface area contributed by atoms with Crippen molar-refractivity contribution in [2.24, 2.45) is 0 Å². The van der Waals surface area contributed by atoms with E-state index in [9.17, 15) is 9.59 Å². The smallest absolute Gasteiger partial charge is 0.253 e. The fraction of sp³-hybridized carbons (Fsp3) is 0.500. The van der Waals surface area contributed by atoms with E-state index in [2.05, 4.69) is 5.32 Å². The Morgan fingerprint density at radius 1 is 1.22 bits per heavy atom. The Balaban J connectivity index is 1.89. The third-order valence-electron chi connectivity index (χ3n) is 5.26. The van der Waals surface area contributed by atoms with Gasteiger partial charge in [-0.25, -0.2) is 0 Å². The molecule has 2 fully saturated rings. The van der Waals surface area contributed by atoms with Crippen LogP contribution in [0, 0.1) is 0 Å². The molecule has 2 aromatic rings. The highest BCUT2D eigenvalue weighted by molar-refractivity contribution is 5.98. The molecule has 1 atom stereocenters. The van der Waals surface area contributed by atoms with Crippen LogP contribution in [0.2, 0.25) is 0 Å². The van der Waals surface area contributed by atoms with Crippen LogP contribution in [0.1, 0.15) is 34.8 Å². The first-order chi connectivity index (χ1) is 13.0. The third-order valence-corrected chi connectivity index (χ3v) is 5.26. The Hall–Kier alpha value is -2.38. The quantitative estimate of drug-likeness (QED) is 0.886. The molecule has 0 saturated carbocycles. The van der Waals surface area contributed by atoms with Gasteiger partial charge in [-0.15, -0.1) is 0 Å². The van der Waals surface area contributed by atoms with Gasteiger partial charge in [0, 0.05) is 50.4 Å². The van der Waals surface area contributed by atoms with Gasteiger partial charge in [-0.05, 0) is 31.5 Å². The maximum absolute atomic E-state index is 12.9. The van der Waals surface area contributed by atoms with Crippen molar-refractivity contribution < 1.29 is 13.9 Å². The minimum atomic E-state index is -0.120. The van der Waals surface area contributed by atoms with E-state index in [0.717, 1.165) is 24.9 Å². The van der Waals surface area contributed by atoms with Gasteiger partial charge in [0.05, 0.1) is 18.6 Å². The number of amides is 1. The number of carbonyl (C=O) groups is 1. The van der Waals surface area contributed by atoms with Crippen molar-refractivity contribution in [3.05, 3.63) is 39.5 Å². The maximum atomic E-state index is 12.9. The number of hydrogen-bond donors (Lipinski definition) is 1. The fourth-order valence-electron chi connectivity index (χ4n) is 3.80. The largest absolute Gasteiger partial charge is 0.440 e. The molecule has 7 nitrogen and oxygen atoms in total. The number of carbonyl (C=O) groups excluding carboxylic acids is 1. The molecule has 1 amide bonds. The monoisotopic (exact) mass is 371 g/mol. The maximum Gasteiger partial charge on any atom is 0.253 e. The molecule has 2 aliphatic heterocycles. The zero-order chi connectivity index (χ0) is 19.0. The Morgan fingerprint density at radius 3 is 2.67 bits per heavy atom. The van der Waals surface area contributed by atoms with E-state index >= 15 is 0 Å².